The van der Waals surface area contributed by atoms with Crippen LogP contribution in [0.1, 0.15) is 13.3 Å². The predicted molar refractivity (Wildman–Crippen MR) is 58.4 cm³/mol. The molecule has 2 fully saturated rings. The summed E-state index contributed by atoms with van der Waals surface area (Å²) in [5.74, 6) is 0. The fraction of sp³-hybridized carbons (Fsp3) is 1.00. The van der Waals surface area contributed by atoms with Gasteiger partial charge in [0.1, 0.15) is 25.8 Å². The summed E-state index contributed by atoms with van der Waals surface area (Å²) in [7, 11) is 0. The van der Waals surface area contributed by atoms with Gasteiger partial charge in [-0.3, -0.25) is 0 Å². The summed E-state index contributed by atoms with van der Waals surface area (Å²) in [6.07, 6.45) is 1.34. The van der Waals surface area contributed by atoms with Crippen molar-refractivity contribution in [3.8, 4) is 0 Å². The molecule has 0 bridgehead atoms. The van der Waals surface area contributed by atoms with Crippen LogP contribution in [0.4, 0.5) is 0 Å². The van der Waals surface area contributed by atoms with Crippen LogP contribution in [0.15, 0.2) is 0 Å². The second-order valence-electron chi connectivity index (χ2n) is 3.47. The first-order chi connectivity index (χ1) is 6.86. The van der Waals surface area contributed by atoms with E-state index in [-0.39, 0.29) is 24.4 Å². The van der Waals surface area contributed by atoms with Gasteiger partial charge in [0, 0.05) is 4.43 Å². The Morgan fingerprint density at radius 1 is 1.00 bits per heavy atom. The third-order valence-corrected chi connectivity index (χ3v) is 3.56. The van der Waals surface area contributed by atoms with Gasteiger partial charge in [0.05, 0.1) is 12.2 Å². The third-order valence-electron chi connectivity index (χ3n) is 2.70. The van der Waals surface area contributed by atoms with Crippen LogP contribution in [-0.2, 0) is 18.9 Å². The molecule has 0 saturated carbocycles. The molecule has 0 aromatic carbocycles. The average Bonchev–Trinajstić information content (AvgIpc) is 2.27. The first-order valence-corrected chi connectivity index (χ1v) is 6.41. The van der Waals surface area contributed by atoms with Crippen molar-refractivity contribution in [3.05, 3.63) is 0 Å². The molecule has 0 N–H and O–H groups in total. The first kappa shape index (κ1) is 11.1. The van der Waals surface area contributed by atoms with E-state index in [1.54, 1.807) is 0 Å². The molecule has 0 aromatic rings. The molecular formula is C9H15IO4. The van der Waals surface area contributed by atoms with E-state index < -0.39 is 0 Å². The maximum Gasteiger partial charge on any atom is 0.147 e. The minimum atomic E-state index is 0.0411. The third kappa shape index (κ3) is 2.06. The molecule has 0 aromatic heterocycles. The Kier molecular flexibility index (Phi) is 4.01. The summed E-state index contributed by atoms with van der Waals surface area (Å²) in [4.78, 5) is 0. The Bertz CT molecular complexity index is 170. The molecule has 14 heavy (non-hydrogen) atoms. The van der Waals surface area contributed by atoms with E-state index in [9.17, 15) is 0 Å². The van der Waals surface area contributed by atoms with Crippen LogP contribution in [-0.4, -0.2) is 42.4 Å². The van der Waals surface area contributed by atoms with Crippen molar-refractivity contribution in [2.24, 2.45) is 0 Å². The van der Waals surface area contributed by atoms with Crippen LogP contribution in [0.3, 0.4) is 0 Å². The zero-order valence-corrected chi connectivity index (χ0v) is 10.3. The Morgan fingerprint density at radius 2 is 1.57 bits per heavy atom. The molecule has 2 aliphatic rings. The molecule has 0 amide bonds. The highest BCUT2D eigenvalue weighted by atomic mass is 127. The lowest BCUT2D eigenvalue weighted by Crippen LogP contribution is -2.57. The van der Waals surface area contributed by atoms with Crippen LogP contribution in [0, 0.1) is 0 Å². The molecular weight excluding hydrogens is 299 g/mol. The molecule has 4 unspecified atom stereocenters. The summed E-state index contributed by atoms with van der Waals surface area (Å²) in [6, 6.07) is 0. The number of ether oxygens (including phenoxy) is 4. The summed E-state index contributed by atoms with van der Waals surface area (Å²) >= 11 is 2.31. The van der Waals surface area contributed by atoms with Crippen molar-refractivity contribution >= 4 is 22.6 Å². The molecule has 0 spiro atoms. The van der Waals surface area contributed by atoms with Gasteiger partial charge in [0.2, 0.25) is 0 Å². The number of rotatable bonds is 2. The number of halogens is 1. The van der Waals surface area contributed by atoms with Gasteiger partial charge in [-0.2, -0.15) is 0 Å². The van der Waals surface area contributed by atoms with Gasteiger partial charge in [0.25, 0.3) is 0 Å². The number of hydrogen-bond acceptors (Lipinski definition) is 4. The standard InChI is InChI=1S/C9H15IO4/c1-2-6-8-9(14-4-11-6)7(3-10)12-5-13-8/h6-9H,2-5H2,1H3. The Hall–Kier alpha value is 0.570. The molecule has 2 saturated heterocycles. The Labute approximate surface area is 97.4 Å². The topological polar surface area (TPSA) is 36.9 Å². The van der Waals surface area contributed by atoms with Gasteiger partial charge in [-0.05, 0) is 6.42 Å². The molecule has 4 atom stereocenters. The highest BCUT2D eigenvalue weighted by Gasteiger charge is 2.42. The number of alkyl halides is 1. The van der Waals surface area contributed by atoms with Gasteiger partial charge in [0.15, 0.2) is 0 Å². The summed E-state index contributed by atoms with van der Waals surface area (Å²) in [5, 5.41) is 0. The molecule has 2 rings (SSSR count). The van der Waals surface area contributed by atoms with E-state index in [1.165, 1.54) is 0 Å². The van der Waals surface area contributed by atoms with Crippen molar-refractivity contribution in [1.29, 1.82) is 0 Å². The Balaban J connectivity index is 2.04. The van der Waals surface area contributed by atoms with Gasteiger partial charge >= 0.3 is 0 Å². The van der Waals surface area contributed by atoms with Crippen molar-refractivity contribution in [3.63, 3.8) is 0 Å². The van der Waals surface area contributed by atoms with Crippen LogP contribution in [0.5, 0.6) is 0 Å². The van der Waals surface area contributed by atoms with Crippen molar-refractivity contribution in [2.45, 2.75) is 37.8 Å². The lowest BCUT2D eigenvalue weighted by Gasteiger charge is -2.43. The van der Waals surface area contributed by atoms with E-state index in [2.05, 4.69) is 29.5 Å². The minimum absolute atomic E-state index is 0.0411. The molecule has 0 radical (unpaired) electrons. The van der Waals surface area contributed by atoms with E-state index in [0.717, 1.165) is 10.8 Å². The molecule has 2 heterocycles. The summed E-state index contributed by atoms with van der Waals surface area (Å²) in [6.45, 7) is 2.82. The fourth-order valence-corrected chi connectivity index (χ4v) is 2.67. The van der Waals surface area contributed by atoms with Crippen LogP contribution in [0.2, 0.25) is 0 Å². The number of hydrogen-bond donors (Lipinski definition) is 0. The van der Waals surface area contributed by atoms with Crippen LogP contribution in [0.25, 0.3) is 0 Å². The lowest BCUT2D eigenvalue weighted by molar-refractivity contribution is -0.318. The van der Waals surface area contributed by atoms with Crippen molar-refractivity contribution < 1.29 is 18.9 Å². The number of fused-ring (bicyclic) bond motifs is 1. The monoisotopic (exact) mass is 314 g/mol. The highest BCUT2D eigenvalue weighted by molar-refractivity contribution is 14.1. The van der Waals surface area contributed by atoms with Crippen LogP contribution >= 0.6 is 22.6 Å². The van der Waals surface area contributed by atoms with Crippen molar-refractivity contribution in [2.75, 3.05) is 18.0 Å². The van der Waals surface area contributed by atoms with Gasteiger partial charge in [-0.25, -0.2) is 0 Å². The predicted octanol–water partition coefficient (Wildman–Crippen LogP) is 1.31. The summed E-state index contributed by atoms with van der Waals surface area (Å²) in [5.41, 5.74) is 0. The van der Waals surface area contributed by atoms with Crippen LogP contribution < -0.4 is 0 Å². The highest BCUT2D eigenvalue weighted by Crippen LogP contribution is 2.27. The summed E-state index contributed by atoms with van der Waals surface area (Å²) < 4.78 is 23.0. The normalized spacial score (nSPS) is 43.3. The first-order valence-electron chi connectivity index (χ1n) is 4.89. The van der Waals surface area contributed by atoms with Crippen molar-refractivity contribution in [1.82, 2.24) is 0 Å². The van der Waals surface area contributed by atoms with E-state index in [4.69, 9.17) is 18.9 Å². The SMILES string of the molecule is CCC1OCOC2C(CI)OCOC12. The average molecular weight is 314 g/mol. The largest absolute Gasteiger partial charge is 0.349 e. The maximum absolute atomic E-state index is 5.54. The fourth-order valence-electron chi connectivity index (χ4n) is 1.91. The maximum atomic E-state index is 5.54. The molecule has 0 aliphatic carbocycles. The van der Waals surface area contributed by atoms with E-state index >= 15 is 0 Å². The zero-order chi connectivity index (χ0) is 9.97. The lowest BCUT2D eigenvalue weighted by atomic mass is 10.00. The Morgan fingerprint density at radius 3 is 2.14 bits per heavy atom. The quantitative estimate of drug-likeness (QED) is 0.569. The van der Waals surface area contributed by atoms with Gasteiger partial charge in [-0.1, -0.05) is 29.5 Å². The van der Waals surface area contributed by atoms with Gasteiger partial charge < -0.3 is 18.9 Å². The smallest absolute Gasteiger partial charge is 0.147 e. The van der Waals surface area contributed by atoms with E-state index in [0.29, 0.717) is 13.6 Å². The molecule has 5 heteroatoms. The molecule has 4 nitrogen and oxygen atoms in total. The molecule has 82 valence electrons. The van der Waals surface area contributed by atoms with Gasteiger partial charge in [-0.15, -0.1) is 0 Å². The zero-order valence-electron chi connectivity index (χ0n) is 8.15. The molecule has 2 aliphatic heterocycles. The second kappa shape index (κ2) is 5.07. The second-order valence-corrected chi connectivity index (χ2v) is 4.35. The minimum Gasteiger partial charge on any atom is -0.349 e. The van der Waals surface area contributed by atoms with E-state index in [1.807, 2.05) is 0 Å².